The van der Waals surface area contributed by atoms with E-state index >= 15 is 0 Å². The molecule has 8 nitrogen and oxygen atoms in total. The molecule has 2 saturated heterocycles. The van der Waals surface area contributed by atoms with Gasteiger partial charge in [-0.25, -0.2) is 0 Å². The molecule has 3 rings (SSSR count). The zero-order chi connectivity index (χ0) is 20.0. The number of hydrogen-bond acceptors (Lipinski definition) is 6. The molecule has 0 bridgehead atoms. The molecule has 0 radical (unpaired) electrons. The fourth-order valence-corrected chi connectivity index (χ4v) is 3.44. The summed E-state index contributed by atoms with van der Waals surface area (Å²) in [5.74, 6) is 1.83. The van der Waals surface area contributed by atoms with Crippen LogP contribution in [0.25, 0.3) is 0 Å². The van der Waals surface area contributed by atoms with E-state index in [9.17, 15) is 0 Å². The molecule has 0 amide bonds. The highest BCUT2D eigenvalue weighted by Crippen LogP contribution is 2.11. The van der Waals surface area contributed by atoms with Gasteiger partial charge in [-0.3, -0.25) is 9.89 Å². The third kappa shape index (κ3) is 10.4. The number of ether oxygens (including phenoxy) is 3. The fraction of sp³-hybridized carbons (Fsp3) is 0.762. The van der Waals surface area contributed by atoms with Crippen molar-refractivity contribution in [2.45, 2.75) is 31.8 Å². The standard InChI is InChI=1S/C21H36N4O4.HI/c1-4-19(28-14-1)6-8-23-21(24-9-10-25-11-16-26-17-12-25)22-7-3-13-27-18-20-5-2-15-29-20;/h1,4,14,20H,2-3,5-13,15-18H2,(H2,22,23,24);1H. The van der Waals surface area contributed by atoms with Crippen LogP contribution in [0.5, 0.6) is 0 Å². The summed E-state index contributed by atoms with van der Waals surface area (Å²) in [5, 5.41) is 6.85. The van der Waals surface area contributed by atoms with Crippen molar-refractivity contribution < 1.29 is 18.6 Å². The second kappa shape index (κ2) is 15.9. The minimum atomic E-state index is 0. The van der Waals surface area contributed by atoms with Crippen LogP contribution in [0.1, 0.15) is 25.0 Å². The molecule has 0 aliphatic carbocycles. The lowest BCUT2D eigenvalue weighted by Gasteiger charge is -2.26. The number of hydrogen-bond donors (Lipinski definition) is 2. The molecule has 1 aromatic heterocycles. The van der Waals surface area contributed by atoms with Gasteiger partial charge in [-0.2, -0.15) is 0 Å². The van der Waals surface area contributed by atoms with E-state index in [1.165, 1.54) is 0 Å². The zero-order valence-electron chi connectivity index (χ0n) is 17.9. The van der Waals surface area contributed by atoms with Gasteiger partial charge in [0.2, 0.25) is 0 Å². The highest BCUT2D eigenvalue weighted by Gasteiger charge is 2.15. The first-order valence-electron chi connectivity index (χ1n) is 10.9. The maximum Gasteiger partial charge on any atom is 0.191 e. The minimum absolute atomic E-state index is 0. The van der Waals surface area contributed by atoms with Gasteiger partial charge in [0.05, 0.1) is 32.2 Å². The van der Waals surface area contributed by atoms with Crippen LogP contribution < -0.4 is 10.6 Å². The van der Waals surface area contributed by atoms with E-state index in [-0.39, 0.29) is 24.0 Å². The van der Waals surface area contributed by atoms with Gasteiger partial charge in [0.25, 0.3) is 0 Å². The van der Waals surface area contributed by atoms with Crippen LogP contribution in [-0.4, -0.2) is 89.3 Å². The summed E-state index contributed by atoms with van der Waals surface area (Å²) in [7, 11) is 0. The Morgan fingerprint density at radius 2 is 2.07 bits per heavy atom. The first-order chi connectivity index (χ1) is 14.4. The molecule has 0 saturated carbocycles. The molecular formula is C21H37IN4O4. The van der Waals surface area contributed by atoms with E-state index in [1.807, 2.05) is 12.1 Å². The van der Waals surface area contributed by atoms with Gasteiger partial charge in [0.1, 0.15) is 5.76 Å². The van der Waals surface area contributed by atoms with Gasteiger partial charge >= 0.3 is 0 Å². The summed E-state index contributed by atoms with van der Waals surface area (Å²) in [6.45, 7) is 9.33. The van der Waals surface area contributed by atoms with Crippen molar-refractivity contribution in [2.75, 3.05) is 72.3 Å². The van der Waals surface area contributed by atoms with Crippen LogP contribution in [0.4, 0.5) is 0 Å². The average molecular weight is 536 g/mol. The van der Waals surface area contributed by atoms with Crippen molar-refractivity contribution in [3.8, 4) is 0 Å². The van der Waals surface area contributed by atoms with Gasteiger partial charge in [0, 0.05) is 58.9 Å². The normalized spacial score (nSPS) is 20.1. The first-order valence-corrected chi connectivity index (χ1v) is 10.9. The molecule has 0 spiro atoms. The van der Waals surface area contributed by atoms with Crippen LogP contribution >= 0.6 is 24.0 Å². The molecule has 2 aliphatic rings. The number of halogens is 1. The highest BCUT2D eigenvalue weighted by molar-refractivity contribution is 14.0. The fourth-order valence-electron chi connectivity index (χ4n) is 3.44. The van der Waals surface area contributed by atoms with Crippen molar-refractivity contribution in [1.82, 2.24) is 15.5 Å². The van der Waals surface area contributed by atoms with Crippen LogP contribution in [0.3, 0.4) is 0 Å². The Bertz CT molecular complexity index is 561. The van der Waals surface area contributed by atoms with Crippen molar-refractivity contribution in [2.24, 2.45) is 4.99 Å². The van der Waals surface area contributed by atoms with E-state index < -0.39 is 0 Å². The van der Waals surface area contributed by atoms with Gasteiger partial charge in [-0.1, -0.05) is 0 Å². The molecule has 172 valence electrons. The Morgan fingerprint density at radius 3 is 2.83 bits per heavy atom. The second-order valence-electron chi connectivity index (χ2n) is 7.43. The van der Waals surface area contributed by atoms with Gasteiger partial charge in [-0.05, 0) is 31.4 Å². The summed E-state index contributed by atoms with van der Waals surface area (Å²) >= 11 is 0. The number of morpholine rings is 1. The van der Waals surface area contributed by atoms with Crippen LogP contribution in [0.15, 0.2) is 27.8 Å². The Balaban J connectivity index is 0.00000320. The van der Waals surface area contributed by atoms with Crippen molar-refractivity contribution in [3.63, 3.8) is 0 Å². The summed E-state index contributed by atoms with van der Waals surface area (Å²) in [5.41, 5.74) is 0. The van der Waals surface area contributed by atoms with Gasteiger partial charge in [0.15, 0.2) is 5.96 Å². The Kier molecular flexibility index (Phi) is 13.4. The predicted octanol–water partition coefficient (Wildman–Crippen LogP) is 1.89. The Hall–Kier alpha value is -0.880. The Labute approximate surface area is 197 Å². The van der Waals surface area contributed by atoms with E-state index in [4.69, 9.17) is 23.6 Å². The zero-order valence-corrected chi connectivity index (χ0v) is 20.2. The molecule has 1 atom stereocenters. The lowest BCUT2D eigenvalue weighted by atomic mass is 10.2. The molecule has 2 aliphatic heterocycles. The molecule has 3 heterocycles. The summed E-state index contributed by atoms with van der Waals surface area (Å²) < 4.78 is 22.1. The molecule has 30 heavy (non-hydrogen) atoms. The van der Waals surface area contributed by atoms with Gasteiger partial charge < -0.3 is 29.3 Å². The monoisotopic (exact) mass is 536 g/mol. The number of aliphatic imine (C=N–C) groups is 1. The van der Waals surface area contributed by atoms with Crippen molar-refractivity contribution in [3.05, 3.63) is 24.2 Å². The quantitative estimate of drug-likeness (QED) is 0.183. The molecule has 9 heteroatoms. The lowest BCUT2D eigenvalue weighted by molar-refractivity contribution is 0.0171. The van der Waals surface area contributed by atoms with E-state index in [0.717, 1.165) is 103 Å². The molecule has 1 aromatic rings. The largest absolute Gasteiger partial charge is 0.469 e. The topological polar surface area (TPSA) is 80.5 Å². The van der Waals surface area contributed by atoms with Crippen molar-refractivity contribution >= 4 is 29.9 Å². The van der Waals surface area contributed by atoms with E-state index in [2.05, 4.69) is 15.5 Å². The molecule has 0 aromatic carbocycles. The van der Waals surface area contributed by atoms with Crippen molar-refractivity contribution in [1.29, 1.82) is 0 Å². The molecule has 2 fully saturated rings. The maximum atomic E-state index is 5.72. The predicted molar refractivity (Wildman–Crippen MR) is 128 cm³/mol. The third-order valence-electron chi connectivity index (χ3n) is 5.11. The third-order valence-corrected chi connectivity index (χ3v) is 5.11. The Morgan fingerprint density at radius 1 is 1.20 bits per heavy atom. The molecule has 2 N–H and O–H groups in total. The smallest absolute Gasteiger partial charge is 0.191 e. The number of furan rings is 1. The number of nitrogens with one attached hydrogen (secondary N) is 2. The van der Waals surface area contributed by atoms with Gasteiger partial charge in [-0.15, -0.1) is 24.0 Å². The summed E-state index contributed by atoms with van der Waals surface area (Å²) in [6.07, 6.45) is 6.01. The second-order valence-corrected chi connectivity index (χ2v) is 7.43. The van der Waals surface area contributed by atoms with E-state index in [1.54, 1.807) is 6.26 Å². The first kappa shape index (κ1) is 25.4. The SMILES string of the molecule is I.c1coc(CCNC(=NCCCOCC2CCCO2)NCCN2CCOCC2)c1. The number of nitrogens with zero attached hydrogens (tertiary/aromatic N) is 2. The van der Waals surface area contributed by atoms with Crippen LogP contribution in [-0.2, 0) is 20.6 Å². The molecule has 1 unspecified atom stereocenters. The maximum absolute atomic E-state index is 5.72. The number of guanidine groups is 1. The average Bonchev–Trinajstić information content (AvgIpc) is 3.45. The van der Waals surface area contributed by atoms with E-state index in [0.29, 0.717) is 12.7 Å². The van der Waals surface area contributed by atoms with Crippen LogP contribution in [0.2, 0.25) is 0 Å². The minimum Gasteiger partial charge on any atom is -0.469 e. The number of rotatable bonds is 12. The summed E-state index contributed by atoms with van der Waals surface area (Å²) in [4.78, 5) is 7.12. The van der Waals surface area contributed by atoms with Crippen LogP contribution in [0, 0.1) is 0 Å². The lowest BCUT2D eigenvalue weighted by Crippen LogP contribution is -2.44. The summed E-state index contributed by atoms with van der Waals surface area (Å²) in [6, 6.07) is 3.91. The highest BCUT2D eigenvalue weighted by atomic mass is 127. The molecular weight excluding hydrogens is 499 g/mol.